The molecule has 1 aliphatic heterocycles. The summed E-state index contributed by atoms with van der Waals surface area (Å²) in [5.74, 6) is -0.537. The van der Waals surface area contributed by atoms with Crippen LogP contribution in [0.2, 0.25) is 0 Å². The lowest BCUT2D eigenvalue weighted by Gasteiger charge is -2.23. The van der Waals surface area contributed by atoms with Gasteiger partial charge in [0.25, 0.3) is 11.6 Å². The van der Waals surface area contributed by atoms with E-state index in [1.165, 1.54) is 36.7 Å². The zero-order valence-electron chi connectivity index (χ0n) is 15.9. The number of methoxy groups -OCH3 is 1. The number of ether oxygens (including phenoxy) is 1. The number of rotatable bonds is 5. The summed E-state index contributed by atoms with van der Waals surface area (Å²) in [6.45, 7) is 2.23. The second kappa shape index (κ2) is 9.33. The first kappa shape index (κ1) is 20.5. The Hall–Kier alpha value is -3.20. The Kier molecular flexibility index (Phi) is 6.61. The van der Waals surface area contributed by atoms with Gasteiger partial charge in [-0.3, -0.25) is 14.9 Å². The smallest absolute Gasteiger partial charge is 0.330 e. The van der Waals surface area contributed by atoms with Crippen LogP contribution in [0.1, 0.15) is 22.3 Å². The molecular formula is C20H21N3O5S. The van der Waals surface area contributed by atoms with Gasteiger partial charge in [0, 0.05) is 43.7 Å². The van der Waals surface area contributed by atoms with E-state index in [1.54, 1.807) is 23.1 Å². The van der Waals surface area contributed by atoms with Crippen molar-refractivity contribution in [3.63, 3.8) is 0 Å². The molecule has 0 unspecified atom stereocenters. The first-order valence-corrected chi connectivity index (χ1v) is 10.0. The maximum Gasteiger partial charge on any atom is 0.330 e. The van der Waals surface area contributed by atoms with Crippen LogP contribution in [0.15, 0.2) is 41.1 Å². The van der Waals surface area contributed by atoms with Crippen molar-refractivity contribution in [2.45, 2.75) is 6.42 Å². The topological polar surface area (TPSA) is 93.0 Å². The fraction of sp³-hybridized carbons (Fsp3) is 0.300. The minimum absolute atomic E-state index is 0.00843. The number of carbonyl (C=O) groups excluding carboxylic acids is 2. The van der Waals surface area contributed by atoms with Crippen LogP contribution in [-0.2, 0) is 9.53 Å². The second-order valence-corrected chi connectivity index (χ2v) is 7.29. The Bertz CT molecular complexity index is 926. The maximum atomic E-state index is 12.6. The van der Waals surface area contributed by atoms with Crippen LogP contribution in [0.5, 0.6) is 0 Å². The van der Waals surface area contributed by atoms with Gasteiger partial charge >= 0.3 is 5.97 Å². The van der Waals surface area contributed by atoms with E-state index < -0.39 is 10.9 Å². The molecule has 0 aliphatic carbocycles. The highest BCUT2D eigenvalue weighted by Crippen LogP contribution is 2.30. The van der Waals surface area contributed by atoms with Crippen molar-refractivity contribution in [1.82, 2.24) is 4.90 Å². The average Bonchev–Trinajstić information content (AvgIpc) is 3.16. The van der Waals surface area contributed by atoms with Crippen molar-refractivity contribution in [2.24, 2.45) is 0 Å². The summed E-state index contributed by atoms with van der Waals surface area (Å²) in [6, 6.07) is 6.65. The summed E-state index contributed by atoms with van der Waals surface area (Å²) in [7, 11) is 1.27. The molecule has 9 heteroatoms. The molecule has 1 aromatic heterocycles. The minimum atomic E-state index is -0.528. The van der Waals surface area contributed by atoms with Gasteiger partial charge in [-0.2, -0.15) is 11.3 Å². The summed E-state index contributed by atoms with van der Waals surface area (Å²) in [6.07, 6.45) is 3.42. The third kappa shape index (κ3) is 5.00. The molecule has 1 aromatic carbocycles. The number of benzene rings is 1. The predicted molar refractivity (Wildman–Crippen MR) is 111 cm³/mol. The highest BCUT2D eigenvalue weighted by molar-refractivity contribution is 7.08. The van der Waals surface area contributed by atoms with Crippen LogP contribution in [0.4, 0.5) is 11.4 Å². The largest absolute Gasteiger partial charge is 0.466 e. The normalized spacial score (nSPS) is 14.7. The molecule has 29 heavy (non-hydrogen) atoms. The van der Waals surface area contributed by atoms with Crippen molar-refractivity contribution in [3.8, 4) is 0 Å². The summed E-state index contributed by atoms with van der Waals surface area (Å²) in [4.78, 5) is 38.8. The van der Waals surface area contributed by atoms with Crippen LogP contribution < -0.4 is 4.90 Å². The number of hydrogen-bond donors (Lipinski definition) is 0. The molecule has 0 saturated carbocycles. The van der Waals surface area contributed by atoms with E-state index in [2.05, 4.69) is 4.74 Å². The van der Waals surface area contributed by atoms with Crippen molar-refractivity contribution in [1.29, 1.82) is 0 Å². The van der Waals surface area contributed by atoms with Crippen molar-refractivity contribution < 1.29 is 19.2 Å². The molecular weight excluding hydrogens is 394 g/mol. The number of esters is 1. The van der Waals surface area contributed by atoms with Gasteiger partial charge in [-0.15, -0.1) is 0 Å². The van der Waals surface area contributed by atoms with Crippen LogP contribution in [0.25, 0.3) is 6.08 Å². The standard InChI is InChI=1S/C20H21N3O5S/c1-28-19(24)6-4-15-3-5-17(18(13-15)23(26)27)21-8-2-9-22(11-10-21)20(25)16-7-12-29-14-16/h3-7,12-14H,2,8-11H2,1H3. The Balaban J connectivity index is 1.77. The molecule has 2 aromatic rings. The molecule has 1 amide bonds. The highest BCUT2D eigenvalue weighted by atomic mass is 32.1. The molecule has 1 saturated heterocycles. The van der Waals surface area contributed by atoms with Gasteiger partial charge in [0.05, 0.1) is 17.6 Å². The third-order valence-electron chi connectivity index (χ3n) is 4.70. The Morgan fingerprint density at radius 2 is 2.03 bits per heavy atom. The minimum Gasteiger partial charge on any atom is -0.466 e. The number of amides is 1. The molecule has 2 heterocycles. The first-order valence-electron chi connectivity index (χ1n) is 9.10. The molecule has 0 atom stereocenters. The summed E-state index contributed by atoms with van der Waals surface area (Å²) in [5, 5.41) is 15.3. The Morgan fingerprint density at radius 3 is 2.72 bits per heavy atom. The van der Waals surface area contributed by atoms with Crippen molar-refractivity contribution >= 4 is 40.7 Å². The SMILES string of the molecule is COC(=O)C=Cc1ccc(N2CCCN(C(=O)c3ccsc3)CC2)c([N+](=O)[O-])c1. The summed E-state index contributed by atoms with van der Waals surface area (Å²) >= 11 is 1.48. The lowest BCUT2D eigenvalue weighted by atomic mass is 10.1. The average molecular weight is 415 g/mol. The zero-order chi connectivity index (χ0) is 20.8. The van der Waals surface area contributed by atoms with Gasteiger partial charge in [-0.1, -0.05) is 6.07 Å². The quantitative estimate of drug-likeness (QED) is 0.322. The Morgan fingerprint density at radius 1 is 1.21 bits per heavy atom. The van der Waals surface area contributed by atoms with Crippen molar-refractivity contribution in [2.75, 3.05) is 38.2 Å². The molecule has 1 aliphatic rings. The van der Waals surface area contributed by atoms with Crippen LogP contribution in [-0.4, -0.2) is 55.0 Å². The lowest BCUT2D eigenvalue weighted by molar-refractivity contribution is -0.384. The predicted octanol–water partition coefficient (Wildman–Crippen LogP) is 3.20. The van der Waals surface area contributed by atoms with Crippen LogP contribution in [0, 0.1) is 10.1 Å². The van der Waals surface area contributed by atoms with Gasteiger partial charge < -0.3 is 14.5 Å². The van der Waals surface area contributed by atoms with E-state index in [0.717, 1.165) is 6.42 Å². The number of nitro benzene ring substituents is 1. The molecule has 0 radical (unpaired) electrons. The molecule has 0 spiro atoms. The number of anilines is 1. The lowest BCUT2D eigenvalue weighted by Crippen LogP contribution is -2.35. The van der Waals surface area contributed by atoms with E-state index in [1.807, 2.05) is 15.7 Å². The molecule has 152 valence electrons. The van der Waals surface area contributed by atoms with E-state index in [9.17, 15) is 19.7 Å². The van der Waals surface area contributed by atoms with Crippen LogP contribution >= 0.6 is 11.3 Å². The maximum absolute atomic E-state index is 12.6. The van der Waals surface area contributed by atoms with Gasteiger partial charge in [-0.25, -0.2) is 4.79 Å². The molecule has 0 N–H and O–H groups in total. The van der Waals surface area contributed by atoms with Crippen molar-refractivity contribution in [3.05, 3.63) is 62.3 Å². The third-order valence-corrected chi connectivity index (χ3v) is 5.38. The van der Waals surface area contributed by atoms with E-state index >= 15 is 0 Å². The molecule has 1 fully saturated rings. The van der Waals surface area contributed by atoms with E-state index in [-0.39, 0.29) is 11.6 Å². The summed E-state index contributed by atoms with van der Waals surface area (Å²) < 4.78 is 4.54. The second-order valence-electron chi connectivity index (χ2n) is 6.51. The molecule has 3 rings (SSSR count). The fourth-order valence-corrected chi connectivity index (χ4v) is 3.85. The molecule has 8 nitrogen and oxygen atoms in total. The first-order chi connectivity index (χ1) is 14.0. The number of carbonyl (C=O) groups is 2. The number of hydrogen-bond acceptors (Lipinski definition) is 7. The summed E-state index contributed by atoms with van der Waals surface area (Å²) in [5.41, 5.74) is 1.69. The van der Waals surface area contributed by atoms with Gasteiger partial charge in [0.2, 0.25) is 0 Å². The molecule has 0 bridgehead atoms. The fourth-order valence-electron chi connectivity index (χ4n) is 3.22. The number of thiophene rings is 1. The number of nitrogens with zero attached hydrogens (tertiary/aromatic N) is 3. The zero-order valence-corrected chi connectivity index (χ0v) is 16.8. The van der Waals surface area contributed by atoms with E-state index in [0.29, 0.717) is 43.0 Å². The van der Waals surface area contributed by atoms with Gasteiger partial charge in [0.1, 0.15) is 5.69 Å². The Labute approximate surface area is 172 Å². The number of nitro groups is 1. The highest BCUT2D eigenvalue weighted by Gasteiger charge is 2.25. The monoisotopic (exact) mass is 415 g/mol. The van der Waals surface area contributed by atoms with Gasteiger partial charge in [0.15, 0.2) is 0 Å². The van der Waals surface area contributed by atoms with E-state index in [4.69, 9.17) is 0 Å². The van der Waals surface area contributed by atoms with Gasteiger partial charge in [-0.05, 0) is 35.6 Å². The van der Waals surface area contributed by atoms with Crippen LogP contribution in [0.3, 0.4) is 0 Å².